The van der Waals surface area contributed by atoms with Crippen molar-refractivity contribution >= 4 is 6.21 Å². The van der Waals surface area contributed by atoms with Crippen molar-refractivity contribution in [2.24, 2.45) is 4.99 Å². The van der Waals surface area contributed by atoms with E-state index in [9.17, 15) is 0 Å². The lowest BCUT2D eigenvalue weighted by atomic mass is 10.0. The van der Waals surface area contributed by atoms with Crippen LogP contribution in [0.4, 0.5) is 0 Å². The van der Waals surface area contributed by atoms with E-state index in [4.69, 9.17) is 0 Å². The molecule has 0 radical (unpaired) electrons. The van der Waals surface area contributed by atoms with E-state index in [2.05, 4.69) is 47.6 Å². The maximum absolute atomic E-state index is 4.57. The summed E-state index contributed by atoms with van der Waals surface area (Å²) in [6, 6.07) is 10.9. The fraction of sp³-hybridized carbons (Fsp3) is 0.357. The Morgan fingerprint density at radius 2 is 2.13 bits per heavy atom. The molecule has 0 spiro atoms. The molecule has 0 saturated heterocycles. The van der Waals surface area contributed by atoms with Crippen LogP contribution in [0, 0.1) is 0 Å². The first-order valence-electron chi connectivity index (χ1n) is 5.67. The molecule has 0 aromatic heterocycles. The van der Waals surface area contributed by atoms with Gasteiger partial charge in [-0.15, -0.1) is 0 Å². The normalized spacial score (nSPS) is 20.9. The highest BCUT2D eigenvalue weighted by Crippen LogP contribution is 2.12. The van der Waals surface area contributed by atoms with E-state index < -0.39 is 0 Å². The molecule has 1 heteroatoms. The Bertz CT molecular complexity index is 338. The summed E-state index contributed by atoms with van der Waals surface area (Å²) in [4.78, 5) is 4.57. The van der Waals surface area contributed by atoms with Gasteiger partial charge >= 0.3 is 0 Å². The van der Waals surface area contributed by atoms with Crippen LogP contribution in [-0.2, 0) is 6.42 Å². The molecule has 1 unspecified atom stereocenters. The molecule has 15 heavy (non-hydrogen) atoms. The van der Waals surface area contributed by atoms with Crippen LogP contribution in [0.2, 0.25) is 0 Å². The van der Waals surface area contributed by atoms with Gasteiger partial charge < -0.3 is 0 Å². The Kier molecular flexibility index (Phi) is 3.72. The molecule has 1 aliphatic rings. The molecule has 0 fully saturated rings. The van der Waals surface area contributed by atoms with Gasteiger partial charge in [0.25, 0.3) is 0 Å². The Morgan fingerprint density at radius 3 is 2.87 bits per heavy atom. The van der Waals surface area contributed by atoms with Crippen molar-refractivity contribution in [3.05, 3.63) is 48.0 Å². The van der Waals surface area contributed by atoms with Crippen molar-refractivity contribution in [2.75, 3.05) is 0 Å². The van der Waals surface area contributed by atoms with E-state index in [0.717, 1.165) is 6.42 Å². The lowest BCUT2D eigenvalue weighted by molar-refractivity contribution is 0.648. The Hall–Kier alpha value is -1.37. The molecular weight excluding hydrogens is 182 g/mol. The summed E-state index contributed by atoms with van der Waals surface area (Å²) >= 11 is 0. The molecule has 1 atom stereocenters. The van der Waals surface area contributed by atoms with Crippen molar-refractivity contribution in [2.45, 2.75) is 31.7 Å². The van der Waals surface area contributed by atoms with Crippen molar-refractivity contribution in [1.82, 2.24) is 0 Å². The van der Waals surface area contributed by atoms with E-state index in [0.29, 0.717) is 6.04 Å². The van der Waals surface area contributed by atoms with Gasteiger partial charge in [-0.3, -0.25) is 4.99 Å². The summed E-state index contributed by atoms with van der Waals surface area (Å²) in [5, 5.41) is 0. The number of benzene rings is 1. The molecule has 0 bridgehead atoms. The summed E-state index contributed by atoms with van der Waals surface area (Å²) < 4.78 is 0. The topological polar surface area (TPSA) is 12.4 Å². The van der Waals surface area contributed by atoms with Gasteiger partial charge in [0.1, 0.15) is 0 Å². The monoisotopic (exact) mass is 199 g/mol. The van der Waals surface area contributed by atoms with Gasteiger partial charge in [0.2, 0.25) is 0 Å². The SMILES string of the molecule is C1=CC(N=CCc2ccccc2)CCC1. The summed E-state index contributed by atoms with van der Waals surface area (Å²) in [6.45, 7) is 0. The van der Waals surface area contributed by atoms with Crippen molar-refractivity contribution in [3.63, 3.8) is 0 Å². The number of hydrogen-bond acceptors (Lipinski definition) is 1. The van der Waals surface area contributed by atoms with Crippen molar-refractivity contribution in [3.8, 4) is 0 Å². The largest absolute Gasteiger partial charge is 0.290 e. The van der Waals surface area contributed by atoms with E-state index >= 15 is 0 Å². The number of rotatable bonds is 3. The first-order valence-corrected chi connectivity index (χ1v) is 5.67. The van der Waals surface area contributed by atoms with Gasteiger partial charge in [0.05, 0.1) is 6.04 Å². The average molecular weight is 199 g/mol. The second-order valence-electron chi connectivity index (χ2n) is 3.95. The molecule has 1 aromatic carbocycles. The first-order chi connectivity index (χ1) is 7.45. The first kappa shape index (κ1) is 10.2. The van der Waals surface area contributed by atoms with Gasteiger partial charge in [-0.1, -0.05) is 42.5 Å². The fourth-order valence-corrected chi connectivity index (χ4v) is 1.83. The number of aliphatic imine (C=N–C) groups is 1. The van der Waals surface area contributed by atoms with E-state index in [1.807, 2.05) is 6.07 Å². The minimum absolute atomic E-state index is 0.433. The van der Waals surface area contributed by atoms with Crippen LogP contribution >= 0.6 is 0 Å². The van der Waals surface area contributed by atoms with Crippen LogP contribution in [0.3, 0.4) is 0 Å². The van der Waals surface area contributed by atoms with Gasteiger partial charge in [0.15, 0.2) is 0 Å². The van der Waals surface area contributed by atoms with E-state index in [-0.39, 0.29) is 0 Å². The molecular formula is C14H17N. The van der Waals surface area contributed by atoms with Crippen LogP contribution in [0.25, 0.3) is 0 Å². The van der Waals surface area contributed by atoms with Crippen LogP contribution in [0.15, 0.2) is 47.5 Å². The van der Waals surface area contributed by atoms with Crippen molar-refractivity contribution < 1.29 is 0 Å². The average Bonchev–Trinajstić information content (AvgIpc) is 2.32. The smallest absolute Gasteiger partial charge is 0.0676 e. The zero-order chi connectivity index (χ0) is 10.3. The van der Waals surface area contributed by atoms with Gasteiger partial charge in [-0.25, -0.2) is 0 Å². The molecule has 0 amide bonds. The quantitative estimate of drug-likeness (QED) is 0.522. The predicted molar refractivity (Wildman–Crippen MR) is 65.4 cm³/mol. The highest BCUT2D eigenvalue weighted by Gasteiger charge is 2.04. The maximum atomic E-state index is 4.57. The summed E-state index contributed by atoms with van der Waals surface area (Å²) in [7, 11) is 0. The lowest BCUT2D eigenvalue weighted by Crippen LogP contribution is -2.04. The third kappa shape index (κ3) is 3.35. The molecule has 0 aliphatic heterocycles. The molecule has 0 heterocycles. The molecule has 1 aliphatic carbocycles. The maximum Gasteiger partial charge on any atom is 0.0676 e. The lowest BCUT2D eigenvalue weighted by Gasteiger charge is -2.10. The van der Waals surface area contributed by atoms with E-state index in [1.54, 1.807) is 0 Å². The molecule has 2 rings (SSSR count). The van der Waals surface area contributed by atoms with Crippen molar-refractivity contribution in [1.29, 1.82) is 0 Å². The fourth-order valence-electron chi connectivity index (χ4n) is 1.83. The Morgan fingerprint density at radius 1 is 1.27 bits per heavy atom. The summed E-state index contributed by atoms with van der Waals surface area (Å²) in [5.74, 6) is 0. The third-order valence-electron chi connectivity index (χ3n) is 2.70. The number of allylic oxidation sites excluding steroid dienone is 1. The molecule has 0 N–H and O–H groups in total. The van der Waals surface area contributed by atoms with Crippen LogP contribution in [0.1, 0.15) is 24.8 Å². The van der Waals surface area contributed by atoms with Crippen LogP contribution < -0.4 is 0 Å². The Labute approximate surface area is 91.6 Å². The highest BCUT2D eigenvalue weighted by atomic mass is 14.8. The van der Waals surface area contributed by atoms with Gasteiger partial charge in [-0.2, -0.15) is 0 Å². The third-order valence-corrected chi connectivity index (χ3v) is 2.70. The van der Waals surface area contributed by atoms with E-state index in [1.165, 1.54) is 24.8 Å². The minimum Gasteiger partial charge on any atom is -0.290 e. The standard InChI is InChI=1S/C14H17N/c1-3-7-13(8-4-1)11-12-15-14-9-5-2-6-10-14/h1,3-5,7-9,12,14H,2,6,10-11H2. The second kappa shape index (κ2) is 5.50. The number of nitrogens with zero attached hydrogens (tertiary/aromatic N) is 1. The predicted octanol–water partition coefficient (Wildman–Crippen LogP) is 3.41. The zero-order valence-electron chi connectivity index (χ0n) is 8.97. The molecule has 78 valence electrons. The van der Waals surface area contributed by atoms with Crippen LogP contribution in [-0.4, -0.2) is 12.3 Å². The van der Waals surface area contributed by atoms with Gasteiger partial charge in [-0.05, 0) is 24.8 Å². The highest BCUT2D eigenvalue weighted by molar-refractivity contribution is 5.61. The summed E-state index contributed by atoms with van der Waals surface area (Å²) in [6.07, 6.45) is 11.2. The van der Waals surface area contributed by atoms with Gasteiger partial charge in [0, 0.05) is 12.6 Å². The second-order valence-corrected chi connectivity index (χ2v) is 3.95. The minimum atomic E-state index is 0.433. The Balaban J connectivity index is 1.85. The zero-order valence-corrected chi connectivity index (χ0v) is 8.97. The number of hydrogen-bond donors (Lipinski definition) is 0. The summed E-state index contributed by atoms with van der Waals surface area (Å²) in [5.41, 5.74) is 1.33. The van der Waals surface area contributed by atoms with Crippen LogP contribution in [0.5, 0.6) is 0 Å². The molecule has 0 saturated carbocycles. The molecule has 1 nitrogen and oxygen atoms in total. The molecule has 1 aromatic rings.